The average molecular weight is 616 g/mol. The van der Waals surface area contributed by atoms with E-state index in [0.29, 0.717) is 158 Å². The third-order valence-corrected chi connectivity index (χ3v) is 5.42. The Bertz CT molecular complexity index is 537. The molecule has 0 spiro atoms. The lowest BCUT2D eigenvalue weighted by Crippen LogP contribution is -2.15. The Morgan fingerprint density at radius 2 is 0.659 bits per heavy atom. The van der Waals surface area contributed by atoms with E-state index in [9.17, 15) is 4.79 Å². The van der Waals surface area contributed by atoms with Gasteiger partial charge in [-0.1, -0.05) is 11.8 Å². The molecule has 0 aliphatic heterocycles. The molecule has 0 heterocycles. The minimum absolute atomic E-state index is 0.105. The number of nitrogens with zero attached hydrogens (tertiary/aromatic N) is 1. The van der Waals surface area contributed by atoms with E-state index in [1.165, 1.54) is 11.8 Å². The number of carbonyl (C=O) groups excluding carboxylic acids is 1. The maximum absolute atomic E-state index is 10.8. The van der Waals surface area contributed by atoms with Crippen LogP contribution in [-0.2, 0) is 56.9 Å². The summed E-state index contributed by atoms with van der Waals surface area (Å²) in [5.74, 6) is 0.675. The quantitative estimate of drug-likeness (QED) is 0.0738. The number of carbonyl (C=O) groups is 1. The molecule has 0 saturated heterocycles. The Kier molecular flexibility index (Phi) is 36.6. The molecule has 0 radical (unpaired) electrons. The van der Waals surface area contributed by atoms with Crippen molar-refractivity contribution in [1.29, 1.82) is 0 Å². The van der Waals surface area contributed by atoms with Gasteiger partial charge in [-0.15, -0.1) is 0 Å². The van der Waals surface area contributed by atoms with Crippen LogP contribution in [0.4, 0.5) is 0 Å². The topological polar surface area (TPSA) is 131 Å². The first-order valence-electron chi connectivity index (χ1n) is 14.2. The molecular formula is C27H53NO12S. The molecule has 0 aliphatic carbocycles. The maximum Gasteiger partial charge on any atom is 0.185 e. The molecule has 0 saturated carbocycles. The minimum Gasteiger partial charge on any atom is -0.378 e. The maximum atomic E-state index is 10.8. The Morgan fingerprint density at radius 3 is 0.878 bits per heavy atom. The smallest absolute Gasteiger partial charge is 0.185 e. The van der Waals surface area contributed by atoms with E-state index < -0.39 is 0 Å². The Labute approximate surface area is 250 Å². The van der Waals surface area contributed by atoms with E-state index in [1.807, 2.05) is 0 Å². The highest BCUT2D eigenvalue weighted by atomic mass is 32.2. The zero-order valence-electron chi connectivity index (χ0n) is 24.9. The Morgan fingerprint density at radius 1 is 0.439 bits per heavy atom. The second kappa shape index (κ2) is 37.3. The lowest BCUT2D eigenvalue weighted by Gasteiger charge is -2.09. The highest BCUT2D eigenvalue weighted by Gasteiger charge is 1.97. The number of thioether (sulfide) groups is 1. The lowest BCUT2D eigenvalue weighted by atomic mass is 10.6. The van der Waals surface area contributed by atoms with Gasteiger partial charge in [0, 0.05) is 12.7 Å². The second-order valence-corrected chi connectivity index (χ2v) is 9.30. The Hall–Kier alpha value is -0.750. The van der Waals surface area contributed by atoms with Crippen LogP contribution in [-0.4, -0.2) is 169 Å². The van der Waals surface area contributed by atoms with E-state index in [2.05, 4.69) is 11.7 Å². The fourth-order valence-electron chi connectivity index (χ4n) is 2.67. The summed E-state index contributed by atoms with van der Waals surface area (Å²) in [6.07, 6.45) is 0. The van der Waals surface area contributed by atoms with Crippen molar-refractivity contribution in [2.24, 2.45) is 4.99 Å². The largest absolute Gasteiger partial charge is 0.378 e. The molecule has 13 nitrogen and oxygen atoms in total. The molecule has 0 aromatic rings. The van der Waals surface area contributed by atoms with Crippen molar-refractivity contribution in [3.63, 3.8) is 0 Å². The molecule has 0 aromatic heterocycles. The van der Waals surface area contributed by atoms with Crippen molar-refractivity contribution in [1.82, 2.24) is 0 Å². The van der Waals surface area contributed by atoms with Crippen molar-refractivity contribution < 1.29 is 56.9 Å². The van der Waals surface area contributed by atoms with Gasteiger partial charge in [0.25, 0.3) is 0 Å². The number of hydrogen-bond acceptors (Lipinski definition) is 14. The monoisotopic (exact) mass is 615 g/mol. The summed E-state index contributed by atoms with van der Waals surface area (Å²) in [7, 11) is 0. The van der Waals surface area contributed by atoms with E-state index >= 15 is 0 Å². The molecule has 0 fully saturated rings. The van der Waals surface area contributed by atoms with Gasteiger partial charge >= 0.3 is 0 Å². The summed E-state index contributed by atoms with van der Waals surface area (Å²) < 4.78 is 59.5. The number of aliphatic imine (C=N–C) groups is 1. The molecule has 0 amide bonds. The van der Waals surface area contributed by atoms with Crippen LogP contribution in [0.2, 0.25) is 0 Å². The van der Waals surface area contributed by atoms with E-state index in [1.54, 1.807) is 6.92 Å². The molecule has 0 bridgehead atoms. The summed E-state index contributed by atoms with van der Waals surface area (Å²) >= 11 is 1.26. The summed E-state index contributed by atoms with van der Waals surface area (Å²) in [6.45, 7) is 17.0. The van der Waals surface area contributed by atoms with E-state index in [4.69, 9.17) is 52.1 Å². The third-order valence-electron chi connectivity index (χ3n) is 4.65. The van der Waals surface area contributed by atoms with Crippen molar-refractivity contribution in [2.75, 3.05) is 158 Å². The van der Waals surface area contributed by atoms with Crippen LogP contribution < -0.4 is 0 Å². The van der Waals surface area contributed by atoms with Gasteiger partial charge in [-0.2, -0.15) is 0 Å². The first kappa shape index (κ1) is 40.2. The highest BCUT2D eigenvalue weighted by Crippen LogP contribution is 1.99. The number of rotatable bonds is 36. The predicted molar refractivity (Wildman–Crippen MR) is 157 cm³/mol. The predicted octanol–water partition coefficient (Wildman–Crippen LogP) is 1.15. The van der Waals surface area contributed by atoms with Gasteiger partial charge < -0.3 is 52.1 Å². The van der Waals surface area contributed by atoms with Crippen LogP contribution >= 0.6 is 11.8 Å². The van der Waals surface area contributed by atoms with Crippen LogP contribution in [0.15, 0.2) is 4.99 Å². The highest BCUT2D eigenvalue weighted by molar-refractivity contribution is 8.13. The molecule has 0 N–H and O–H groups in total. The summed E-state index contributed by atoms with van der Waals surface area (Å²) in [4.78, 5) is 14.5. The van der Waals surface area contributed by atoms with E-state index in [0.717, 1.165) is 0 Å². The minimum atomic E-state index is 0.105. The zero-order valence-corrected chi connectivity index (χ0v) is 25.7. The SMILES string of the molecule is C=NCCOCCOCCOCCOCCOCCOCCOCCOCCOCCOCCOCCSC(C)=O. The fourth-order valence-corrected chi connectivity index (χ4v) is 3.16. The summed E-state index contributed by atoms with van der Waals surface area (Å²) in [6, 6.07) is 0. The average Bonchev–Trinajstić information content (AvgIpc) is 2.97. The summed E-state index contributed by atoms with van der Waals surface area (Å²) in [5, 5.41) is 0.105. The molecular weight excluding hydrogens is 562 g/mol. The molecule has 0 aromatic carbocycles. The first-order chi connectivity index (χ1) is 20.3. The molecule has 0 rings (SSSR count). The Balaban J connectivity index is 3.03. The van der Waals surface area contributed by atoms with Crippen LogP contribution in [0.25, 0.3) is 0 Å². The van der Waals surface area contributed by atoms with Gasteiger partial charge in [-0.05, 0) is 6.72 Å². The first-order valence-corrected chi connectivity index (χ1v) is 15.2. The van der Waals surface area contributed by atoms with Gasteiger partial charge in [0.05, 0.1) is 152 Å². The third kappa shape index (κ3) is 39.2. The zero-order chi connectivity index (χ0) is 29.7. The van der Waals surface area contributed by atoms with Crippen LogP contribution in [0.3, 0.4) is 0 Å². The van der Waals surface area contributed by atoms with Gasteiger partial charge in [0.15, 0.2) is 5.12 Å². The normalized spacial score (nSPS) is 11.3. The van der Waals surface area contributed by atoms with E-state index in [-0.39, 0.29) is 5.12 Å². The standard InChI is InChI=1S/C27H53NO12S/c1-27(29)41-26-25-40-24-23-39-22-21-38-20-19-37-18-17-36-16-15-35-14-13-34-12-11-33-10-9-32-8-7-31-6-5-30-4-3-28-2/h2-26H2,1H3. The van der Waals surface area contributed by atoms with Crippen molar-refractivity contribution >= 4 is 23.6 Å². The van der Waals surface area contributed by atoms with Gasteiger partial charge in [0.1, 0.15) is 0 Å². The van der Waals surface area contributed by atoms with Crippen LogP contribution in [0.1, 0.15) is 6.92 Å². The van der Waals surface area contributed by atoms with Crippen molar-refractivity contribution in [2.45, 2.75) is 6.92 Å². The molecule has 41 heavy (non-hydrogen) atoms. The van der Waals surface area contributed by atoms with Gasteiger partial charge in [-0.25, -0.2) is 0 Å². The summed E-state index contributed by atoms with van der Waals surface area (Å²) in [5.41, 5.74) is 0. The van der Waals surface area contributed by atoms with Gasteiger partial charge in [0.2, 0.25) is 0 Å². The molecule has 0 aliphatic rings. The lowest BCUT2D eigenvalue weighted by molar-refractivity contribution is -0.109. The molecule has 14 heteroatoms. The number of hydrogen-bond donors (Lipinski definition) is 0. The molecule has 244 valence electrons. The second-order valence-electron chi connectivity index (χ2n) is 8.02. The van der Waals surface area contributed by atoms with Gasteiger partial charge in [-0.3, -0.25) is 9.79 Å². The number of ether oxygens (including phenoxy) is 11. The molecule has 0 atom stereocenters. The van der Waals surface area contributed by atoms with Crippen molar-refractivity contribution in [3.8, 4) is 0 Å². The van der Waals surface area contributed by atoms with Crippen LogP contribution in [0, 0.1) is 0 Å². The fraction of sp³-hybridized carbons (Fsp3) is 0.926. The molecule has 0 unspecified atom stereocenters. The van der Waals surface area contributed by atoms with Crippen molar-refractivity contribution in [3.05, 3.63) is 0 Å². The van der Waals surface area contributed by atoms with Crippen LogP contribution in [0.5, 0.6) is 0 Å².